The minimum absolute atomic E-state index is 0.0526. The molecule has 0 aliphatic heterocycles. The van der Waals surface area contributed by atoms with Gasteiger partial charge in [0.15, 0.2) is 0 Å². The molecule has 0 saturated heterocycles. The van der Waals surface area contributed by atoms with E-state index in [1.165, 1.54) is 19.2 Å². The highest BCUT2D eigenvalue weighted by molar-refractivity contribution is 5.72. The van der Waals surface area contributed by atoms with Crippen LogP contribution in [0.1, 0.15) is 18.1 Å². The van der Waals surface area contributed by atoms with Crippen molar-refractivity contribution in [3.63, 3.8) is 0 Å². The van der Waals surface area contributed by atoms with Crippen LogP contribution in [0.25, 0.3) is 0 Å². The average Bonchev–Trinajstić information content (AvgIpc) is 2.37. The maximum atomic E-state index is 12.7. The lowest BCUT2D eigenvalue weighted by Gasteiger charge is -2.14. The van der Waals surface area contributed by atoms with Gasteiger partial charge in [0.25, 0.3) is 0 Å². The van der Waals surface area contributed by atoms with Crippen molar-refractivity contribution in [2.75, 3.05) is 13.7 Å². The van der Waals surface area contributed by atoms with E-state index in [0.29, 0.717) is 0 Å². The Morgan fingerprint density at radius 2 is 2.00 bits per heavy atom. The van der Waals surface area contributed by atoms with Gasteiger partial charge in [-0.05, 0) is 11.6 Å². The van der Waals surface area contributed by atoms with Gasteiger partial charge in [-0.2, -0.15) is 13.2 Å². The normalized spacial score (nSPS) is 13.1. The molecule has 1 unspecified atom stereocenters. The first-order valence-electron chi connectivity index (χ1n) is 5.80. The van der Waals surface area contributed by atoms with E-state index in [-0.39, 0.29) is 18.7 Å². The van der Waals surface area contributed by atoms with Crippen LogP contribution in [0.15, 0.2) is 24.3 Å². The Morgan fingerprint density at radius 3 is 2.58 bits per heavy atom. The Bertz CT molecular complexity index is 432. The Hall–Kier alpha value is -1.56. The predicted octanol–water partition coefficient (Wildman–Crippen LogP) is 2.60. The lowest BCUT2D eigenvalue weighted by molar-refractivity contribution is -0.144. The van der Waals surface area contributed by atoms with Crippen LogP contribution in [-0.2, 0) is 22.3 Å². The number of nitrogens with one attached hydrogen (secondary N) is 1. The van der Waals surface area contributed by atoms with Gasteiger partial charge in [0, 0.05) is 13.1 Å². The summed E-state index contributed by atoms with van der Waals surface area (Å²) >= 11 is 0. The van der Waals surface area contributed by atoms with Crippen LogP contribution in [0, 0.1) is 5.92 Å². The SMILES string of the molecule is COC(=O)C(C)CNCc1ccccc1C(F)(F)F. The van der Waals surface area contributed by atoms with Crippen molar-refractivity contribution in [1.82, 2.24) is 5.32 Å². The summed E-state index contributed by atoms with van der Waals surface area (Å²) in [5.41, 5.74) is -0.500. The Balaban J connectivity index is 2.62. The third kappa shape index (κ3) is 4.55. The van der Waals surface area contributed by atoms with Gasteiger partial charge < -0.3 is 10.1 Å². The van der Waals surface area contributed by atoms with E-state index in [1.54, 1.807) is 13.0 Å². The molecule has 1 N–H and O–H groups in total. The third-order valence-corrected chi connectivity index (χ3v) is 2.69. The molecule has 0 amide bonds. The van der Waals surface area contributed by atoms with E-state index >= 15 is 0 Å². The maximum absolute atomic E-state index is 12.7. The van der Waals surface area contributed by atoms with Gasteiger partial charge >= 0.3 is 12.1 Å². The van der Waals surface area contributed by atoms with Crippen LogP contribution in [0.2, 0.25) is 0 Å². The number of esters is 1. The van der Waals surface area contributed by atoms with Crippen LogP contribution < -0.4 is 5.32 Å². The van der Waals surface area contributed by atoms with Crippen LogP contribution in [-0.4, -0.2) is 19.6 Å². The minimum Gasteiger partial charge on any atom is -0.469 e. The zero-order chi connectivity index (χ0) is 14.5. The molecule has 0 radical (unpaired) electrons. The fourth-order valence-corrected chi connectivity index (χ4v) is 1.66. The predicted molar refractivity (Wildman–Crippen MR) is 64.3 cm³/mol. The van der Waals surface area contributed by atoms with Gasteiger partial charge in [-0.15, -0.1) is 0 Å². The van der Waals surface area contributed by atoms with Crippen molar-refractivity contribution < 1.29 is 22.7 Å². The van der Waals surface area contributed by atoms with Crippen molar-refractivity contribution in [3.05, 3.63) is 35.4 Å². The number of carbonyl (C=O) groups excluding carboxylic acids is 1. The van der Waals surface area contributed by atoms with Crippen molar-refractivity contribution >= 4 is 5.97 Å². The van der Waals surface area contributed by atoms with E-state index in [4.69, 9.17) is 0 Å². The van der Waals surface area contributed by atoms with Crippen molar-refractivity contribution in [1.29, 1.82) is 0 Å². The largest absolute Gasteiger partial charge is 0.469 e. The molecule has 6 heteroatoms. The summed E-state index contributed by atoms with van der Waals surface area (Å²) in [6, 6.07) is 5.36. The molecular weight excluding hydrogens is 259 g/mol. The van der Waals surface area contributed by atoms with Crippen LogP contribution in [0.4, 0.5) is 13.2 Å². The zero-order valence-corrected chi connectivity index (χ0v) is 10.8. The molecule has 106 valence electrons. The third-order valence-electron chi connectivity index (χ3n) is 2.69. The molecule has 1 aromatic rings. The zero-order valence-electron chi connectivity index (χ0n) is 10.8. The number of methoxy groups -OCH3 is 1. The number of alkyl halides is 3. The summed E-state index contributed by atoms with van der Waals surface area (Å²) in [6.07, 6.45) is -4.37. The van der Waals surface area contributed by atoms with Gasteiger partial charge in [-0.3, -0.25) is 4.79 Å². The smallest absolute Gasteiger partial charge is 0.416 e. The summed E-state index contributed by atoms with van der Waals surface area (Å²) in [4.78, 5) is 11.1. The molecular formula is C13H16F3NO2. The van der Waals surface area contributed by atoms with Gasteiger partial charge in [-0.25, -0.2) is 0 Å². The van der Waals surface area contributed by atoms with E-state index in [1.807, 2.05) is 0 Å². The van der Waals surface area contributed by atoms with Crippen LogP contribution in [0.3, 0.4) is 0 Å². The van der Waals surface area contributed by atoms with Crippen molar-refractivity contribution in [3.8, 4) is 0 Å². The molecule has 0 saturated carbocycles. The Morgan fingerprint density at radius 1 is 1.37 bits per heavy atom. The summed E-state index contributed by atoms with van der Waals surface area (Å²) in [5, 5.41) is 2.83. The van der Waals surface area contributed by atoms with Gasteiger partial charge in [0.2, 0.25) is 0 Å². The highest BCUT2D eigenvalue weighted by Crippen LogP contribution is 2.31. The molecule has 0 spiro atoms. The quantitative estimate of drug-likeness (QED) is 0.839. The van der Waals surface area contributed by atoms with Crippen LogP contribution in [0.5, 0.6) is 0 Å². The topological polar surface area (TPSA) is 38.3 Å². The number of hydrogen-bond donors (Lipinski definition) is 1. The standard InChI is InChI=1S/C13H16F3NO2/c1-9(12(18)19-2)7-17-8-10-5-3-4-6-11(10)13(14,15)16/h3-6,9,17H,7-8H2,1-2H3. The van der Waals surface area contributed by atoms with E-state index in [0.717, 1.165) is 6.07 Å². The number of ether oxygens (including phenoxy) is 1. The van der Waals surface area contributed by atoms with Gasteiger partial charge in [0.1, 0.15) is 0 Å². The average molecular weight is 275 g/mol. The highest BCUT2D eigenvalue weighted by Gasteiger charge is 2.32. The summed E-state index contributed by atoms with van der Waals surface area (Å²) in [7, 11) is 1.28. The Kier molecular flexibility index (Phi) is 5.35. The molecule has 0 aliphatic rings. The first-order valence-corrected chi connectivity index (χ1v) is 5.80. The Labute approximate surface area is 109 Å². The lowest BCUT2D eigenvalue weighted by Crippen LogP contribution is -2.27. The molecule has 1 aromatic carbocycles. The molecule has 0 heterocycles. The number of benzene rings is 1. The number of halogens is 3. The van der Waals surface area contributed by atoms with E-state index in [9.17, 15) is 18.0 Å². The number of hydrogen-bond acceptors (Lipinski definition) is 3. The molecule has 0 aliphatic carbocycles. The second-order valence-corrected chi connectivity index (χ2v) is 4.21. The number of rotatable bonds is 5. The second-order valence-electron chi connectivity index (χ2n) is 4.21. The molecule has 0 aromatic heterocycles. The first kappa shape index (κ1) is 15.5. The molecule has 0 bridgehead atoms. The molecule has 1 rings (SSSR count). The maximum Gasteiger partial charge on any atom is 0.416 e. The molecule has 19 heavy (non-hydrogen) atoms. The van der Waals surface area contributed by atoms with Crippen molar-refractivity contribution in [2.45, 2.75) is 19.6 Å². The van der Waals surface area contributed by atoms with Gasteiger partial charge in [-0.1, -0.05) is 25.1 Å². The van der Waals surface area contributed by atoms with E-state index in [2.05, 4.69) is 10.1 Å². The van der Waals surface area contributed by atoms with Gasteiger partial charge in [0.05, 0.1) is 18.6 Å². The number of carbonyl (C=O) groups is 1. The van der Waals surface area contributed by atoms with Crippen LogP contribution >= 0.6 is 0 Å². The molecule has 1 atom stereocenters. The minimum atomic E-state index is -4.37. The highest BCUT2D eigenvalue weighted by atomic mass is 19.4. The molecule has 3 nitrogen and oxygen atoms in total. The molecule has 0 fully saturated rings. The first-order chi connectivity index (χ1) is 8.86. The monoisotopic (exact) mass is 275 g/mol. The fourth-order valence-electron chi connectivity index (χ4n) is 1.66. The summed E-state index contributed by atoms with van der Waals surface area (Å²) in [5.74, 6) is -0.792. The van der Waals surface area contributed by atoms with E-state index < -0.39 is 23.6 Å². The van der Waals surface area contributed by atoms with Crippen molar-refractivity contribution in [2.24, 2.45) is 5.92 Å². The lowest BCUT2D eigenvalue weighted by atomic mass is 10.1. The second kappa shape index (κ2) is 6.56. The fraction of sp³-hybridized carbons (Fsp3) is 0.462. The summed E-state index contributed by atoms with van der Waals surface area (Å²) < 4.78 is 42.7. The summed E-state index contributed by atoms with van der Waals surface area (Å²) in [6.45, 7) is 1.96.